The van der Waals surface area contributed by atoms with Gasteiger partial charge >= 0.3 is 0 Å². The second kappa shape index (κ2) is 14.0. The highest BCUT2D eigenvalue weighted by Gasteiger charge is 2.40. The Hall–Kier alpha value is -3.98. The van der Waals surface area contributed by atoms with Crippen molar-refractivity contribution in [3.05, 3.63) is 131 Å². The molecular formula is C50H62N2O. The van der Waals surface area contributed by atoms with Crippen molar-refractivity contribution >= 4 is 16.5 Å². The monoisotopic (exact) mass is 706 g/mol. The number of fused-ring (bicyclic) bond motifs is 4. The first-order valence-corrected chi connectivity index (χ1v) is 20.7. The molecule has 1 aliphatic heterocycles. The lowest BCUT2D eigenvalue weighted by atomic mass is 9.80. The molecule has 6 aliphatic rings. The molecule has 5 aliphatic carbocycles. The Morgan fingerprint density at radius 3 is 2.19 bits per heavy atom. The summed E-state index contributed by atoms with van der Waals surface area (Å²) in [7, 11) is 0. The molecule has 1 heterocycles. The van der Waals surface area contributed by atoms with Gasteiger partial charge in [0.15, 0.2) is 0 Å². The Labute approximate surface area is 320 Å². The number of benzene rings is 2. The third-order valence-corrected chi connectivity index (χ3v) is 12.8. The molecule has 278 valence electrons. The number of hydrogen-bond donors (Lipinski definition) is 0. The van der Waals surface area contributed by atoms with Gasteiger partial charge in [0.05, 0.1) is 12.1 Å². The van der Waals surface area contributed by atoms with Crippen LogP contribution in [0.4, 0.5) is 5.69 Å². The average molecular weight is 707 g/mol. The molecule has 6 unspecified atom stereocenters. The Balaban J connectivity index is 1.07. The van der Waals surface area contributed by atoms with Crippen molar-refractivity contribution in [3.8, 4) is 5.75 Å². The van der Waals surface area contributed by atoms with Crippen LogP contribution in [0.15, 0.2) is 125 Å². The number of ether oxygens (including phenoxy) is 1. The van der Waals surface area contributed by atoms with Crippen LogP contribution in [0.5, 0.6) is 5.75 Å². The van der Waals surface area contributed by atoms with Gasteiger partial charge in [0.25, 0.3) is 0 Å². The summed E-state index contributed by atoms with van der Waals surface area (Å²) >= 11 is 0. The summed E-state index contributed by atoms with van der Waals surface area (Å²) in [5.74, 6) is 2.70. The first-order chi connectivity index (χ1) is 25.3. The van der Waals surface area contributed by atoms with Crippen LogP contribution >= 0.6 is 0 Å². The average Bonchev–Trinajstić information content (AvgIpc) is 3.48. The largest absolute Gasteiger partial charge is 0.489 e. The lowest BCUT2D eigenvalue weighted by Gasteiger charge is -2.40. The van der Waals surface area contributed by atoms with Gasteiger partial charge in [0, 0.05) is 40.7 Å². The molecule has 8 rings (SSSR count). The first-order valence-electron chi connectivity index (χ1n) is 20.7. The molecule has 53 heavy (non-hydrogen) atoms. The molecule has 0 aromatic heterocycles. The number of nitrogens with zero attached hydrogens (tertiary/aromatic N) is 2. The summed E-state index contributed by atoms with van der Waals surface area (Å²) in [4.78, 5) is 5.27. The predicted molar refractivity (Wildman–Crippen MR) is 225 cm³/mol. The summed E-state index contributed by atoms with van der Waals surface area (Å²) < 4.78 is 6.95. The maximum Gasteiger partial charge on any atom is 0.124 e. The van der Waals surface area contributed by atoms with E-state index in [1.807, 2.05) is 0 Å². The zero-order chi connectivity index (χ0) is 37.1. The van der Waals surface area contributed by atoms with Crippen LogP contribution in [0.25, 0.3) is 10.8 Å². The van der Waals surface area contributed by atoms with Crippen LogP contribution in [0.2, 0.25) is 0 Å². The molecule has 0 spiro atoms. The van der Waals surface area contributed by atoms with Crippen LogP contribution in [0.1, 0.15) is 118 Å². The Bertz CT molecular complexity index is 2000. The van der Waals surface area contributed by atoms with E-state index in [-0.39, 0.29) is 28.9 Å². The van der Waals surface area contributed by atoms with Crippen molar-refractivity contribution in [3.63, 3.8) is 0 Å². The van der Waals surface area contributed by atoms with Gasteiger partial charge in [0.2, 0.25) is 0 Å². The Kier molecular flexibility index (Phi) is 9.53. The third kappa shape index (κ3) is 7.30. The molecule has 0 fully saturated rings. The van der Waals surface area contributed by atoms with Crippen LogP contribution in [0, 0.1) is 22.7 Å². The quantitative estimate of drug-likeness (QED) is 0.278. The SMILES string of the molecule is CC1C=CC(N(C2=CC=C(C(C)(C)C)CC2)C2C=CC3c4cc5ccc(N(C6=CCC(C)CC6)C6C=CC(C(C)(C)C)=CC6)cc5cc4OC3C2)=CC1. The molecule has 2 aromatic carbocycles. The van der Waals surface area contributed by atoms with Gasteiger partial charge in [-0.25, -0.2) is 0 Å². The topological polar surface area (TPSA) is 15.7 Å². The molecule has 3 nitrogen and oxygen atoms in total. The van der Waals surface area contributed by atoms with Crippen molar-refractivity contribution in [1.29, 1.82) is 0 Å². The van der Waals surface area contributed by atoms with Gasteiger partial charge in [0.1, 0.15) is 11.9 Å². The van der Waals surface area contributed by atoms with E-state index in [2.05, 4.69) is 162 Å². The number of hydrogen-bond acceptors (Lipinski definition) is 3. The minimum absolute atomic E-state index is 0.137. The molecular weight excluding hydrogens is 645 g/mol. The maximum absolute atomic E-state index is 6.95. The molecule has 0 N–H and O–H groups in total. The summed E-state index contributed by atoms with van der Waals surface area (Å²) in [5, 5.41) is 2.57. The van der Waals surface area contributed by atoms with Crippen molar-refractivity contribution in [2.75, 3.05) is 4.90 Å². The van der Waals surface area contributed by atoms with Gasteiger partial charge in [-0.1, -0.05) is 122 Å². The summed E-state index contributed by atoms with van der Waals surface area (Å²) in [6.07, 6.45) is 35.8. The maximum atomic E-state index is 6.95. The molecule has 3 heteroatoms. The zero-order valence-corrected chi connectivity index (χ0v) is 33.7. The Morgan fingerprint density at radius 1 is 0.679 bits per heavy atom. The van der Waals surface area contributed by atoms with Crippen molar-refractivity contribution in [2.24, 2.45) is 22.7 Å². The van der Waals surface area contributed by atoms with Crippen LogP contribution in [0.3, 0.4) is 0 Å². The highest BCUT2D eigenvalue weighted by atomic mass is 16.5. The van der Waals surface area contributed by atoms with E-state index in [1.165, 1.54) is 51.1 Å². The molecule has 6 atom stereocenters. The van der Waals surface area contributed by atoms with E-state index in [9.17, 15) is 0 Å². The standard InChI is InChI=1S/C50H62N2O/c1-33-9-18-39(19-10-33)51(41-23-14-37(15-24-41)49(3,4)5)43-22-13-35-30-46-45-28-27-44(32-48(45)53-47(46)31-36(35)29-43)52(40-20-11-34(2)12-21-40)42-25-16-38(17-26-42)50(6,7)8/h11,13-16,18,20-23,25,27-31,33-34,41,44-45,48H,9-10,12,17,19,24,26,32H2,1-8H3. The number of allylic oxidation sites excluding steroid dienone is 11. The highest BCUT2D eigenvalue weighted by molar-refractivity contribution is 5.89. The van der Waals surface area contributed by atoms with Crippen LogP contribution in [-0.2, 0) is 0 Å². The molecule has 0 amide bonds. The zero-order valence-electron chi connectivity index (χ0n) is 33.7. The smallest absolute Gasteiger partial charge is 0.124 e. The van der Waals surface area contributed by atoms with Crippen molar-refractivity contribution < 1.29 is 4.74 Å². The van der Waals surface area contributed by atoms with E-state index < -0.39 is 0 Å². The van der Waals surface area contributed by atoms with Crippen molar-refractivity contribution in [2.45, 2.75) is 131 Å². The predicted octanol–water partition coefficient (Wildman–Crippen LogP) is 13.3. The summed E-state index contributed by atoms with van der Waals surface area (Å²) in [6, 6.07) is 12.5. The van der Waals surface area contributed by atoms with E-state index in [0.717, 1.165) is 56.6 Å². The summed E-state index contributed by atoms with van der Waals surface area (Å²) in [6.45, 7) is 18.7. The van der Waals surface area contributed by atoms with E-state index in [4.69, 9.17) is 4.74 Å². The van der Waals surface area contributed by atoms with Gasteiger partial charge < -0.3 is 14.5 Å². The molecule has 0 radical (unpaired) electrons. The van der Waals surface area contributed by atoms with Crippen LogP contribution < -0.4 is 9.64 Å². The summed E-state index contributed by atoms with van der Waals surface area (Å²) in [5.41, 5.74) is 10.2. The normalized spacial score (nSPS) is 28.3. The number of rotatable bonds is 6. The molecule has 0 saturated heterocycles. The highest BCUT2D eigenvalue weighted by Crippen LogP contribution is 2.48. The van der Waals surface area contributed by atoms with Gasteiger partial charge in [-0.3, -0.25) is 0 Å². The fraction of sp³-hybridized carbons (Fsp3) is 0.480. The fourth-order valence-electron chi connectivity index (χ4n) is 9.42. The minimum atomic E-state index is 0.137. The van der Waals surface area contributed by atoms with Gasteiger partial charge in [-0.05, 0) is 120 Å². The van der Waals surface area contributed by atoms with E-state index in [0.29, 0.717) is 12.0 Å². The third-order valence-electron chi connectivity index (χ3n) is 12.8. The first kappa shape index (κ1) is 36.0. The lowest BCUT2D eigenvalue weighted by molar-refractivity contribution is 0.166. The minimum Gasteiger partial charge on any atom is -0.489 e. The van der Waals surface area contributed by atoms with E-state index in [1.54, 1.807) is 5.57 Å². The molecule has 2 aromatic rings. The lowest BCUT2D eigenvalue weighted by Crippen LogP contribution is -2.39. The van der Waals surface area contributed by atoms with Crippen LogP contribution in [-0.4, -0.2) is 23.1 Å². The van der Waals surface area contributed by atoms with Crippen molar-refractivity contribution in [1.82, 2.24) is 4.90 Å². The van der Waals surface area contributed by atoms with Gasteiger partial charge in [-0.15, -0.1) is 0 Å². The molecule has 0 bridgehead atoms. The number of anilines is 1. The molecule has 0 saturated carbocycles. The fourth-order valence-corrected chi connectivity index (χ4v) is 9.42. The van der Waals surface area contributed by atoms with Gasteiger partial charge in [-0.2, -0.15) is 0 Å². The van der Waals surface area contributed by atoms with E-state index >= 15 is 0 Å². The Morgan fingerprint density at radius 2 is 1.53 bits per heavy atom. The second-order valence-corrected chi connectivity index (χ2v) is 19.0. The second-order valence-electron chi connectivity index (χ2n) is 19.0.